The number of methoxy groups -OCH3 is 1. The van der Waals surface area contributed by atoms with Crippen molar-refractivity contribution >= 4 is 17.3 Å². The predicted octanol–water partition coefficient (Wildman–Crippen LogP) is 3.27. The van der Waals surface area contributed by atoms with E-state index in [1.807, 2.05) is 17.5 Å². The Kier molecular flexibility index (Phi) is 6.09. The molecule has 0 aromatic carbocycles. The van der Waals surface area contributed by atoms with E-state index in [4.69, 9.17) is 9.15 Å². The molecule has 1 aliphatic rings. The van der Waals surface area contributed by atoms with Gasteiger partial charge in [0.25, 0.3) is 0 Å². The summed E-state index contributed by atoms with van der Waals surface area (Å²) in [6, 6.07) is 4.00. The Hall–Kier alpha value is -1.86. The molecule has 0 unspecified atom stereocenters. The highest BCUT2D eigenvalue weighted by atomic mass is 32.1. The van der Waals surface area contributed by atoms with Crippen molar-refractivity contribution in [3.63, 3.8) is 0 Å². The summed E-state index contributed by atoms with van der Waals surface area (Å²) in [6.45, 7) is 2.33. The monoisotopic (exact) mass is 362 g/mol. The first-order chi connectivity index (χ1) is 12.2. The maximum Gasteiger partial charge on any atom is 0.236 e. The van der Waals surface area contributed by atoms with Crippen molar-refractivity contribution in [1.82, 2.24) is 15.6 Å². The fraction of sp³-hybridized carbons (Fsp3) is 0.556. The molecule has 0 aliphatic heterocycles. The lowest BCUT2D eigenvalue weighted by molar-refractivity contribution is 0.0732. The maximum absolute atomic E-state index is 5.55. The summed E-state index contributed by atoms with van der Waals surface area (Å²) < 4.78 is 10.8. The highest BCUT2D eigenvalue weighted by molar-refractivity contribution is 7.13. The van der Waals surface area contributed by atoms with E-state index >= 15 is 0 Å². The molecule has 0 atom stereocenters. The molecule has 2 aromatic heterocycles. The first kappa shape index (κ1) is 17.9. The minimum atomic E-state index is 0.355. The molecule has 0 saturated heterocycles. The zero-order valence-electron chi connectivity index (χ0n) is 14.9. The van der Waals surface area contributed by atoms with Gasteiger partial charge in [0.05, 0.1) is 17.1 Å². The minimum absolute atomic E-state index is 0.355. The molecule has 0 spiro atoms. The summed E-state index contributed by atoms with van der Waals surface area (Å²) in [6.07, 6.45) is 6.62. The number of thiophene rings is 1. The second kappa shape index (κ2) is 8.49. The molecule has 0 amide bonds. The summed E-state index contributed by atoms with van der Waals surface area (Å²) in [5.41, 5.74) is 1.22. The zero-order valence-corrected chi connectivity index (χ0v) is 15.7. The van der Waals surface area contributed by atoms with Crippen molar-refractivity contribution in [2.45, 2.75) is 32.2 Å². The summed E-state index contributed by atoms with van der Waals surface area (Å²) in [7, 11) is 3.56. The molecule has 7 heteroatoms. The summed E-state index contributed by atoms with van der Waals surface area (Å²) in [4.78, 5) is 9.87. The predicted molar refractivity (Wildman–Crippen MR) is 101 cm³/mol. The SMILES string of the molecule is CN=C(NCc1coc(-c2cccs2)n1)NCC1(CCOC)CCC1. The summed E-state index contributed by atoms with van der Waals surface area (Å²) in [5, 5.41) is 8.78. The average molecular weight is 362 g/mol. The molecule has 1 saturated carbocycles. The lowest BCUT2D eigenvalue weighted by atomic mass is 9.67. The zero-order chi connectivity index (χ0) is 17.5. The molecule has 2 N–H and O–H groups in total. The molecular weight excluding hydrogens is 336 g/mol. The van der Waals surface area contributed by atoms with Gasteiger partial charge in [0, 0.05) is 27.3 Å². The van der Waals surface area contributed by atoms with E-state index < -0.39 is 0 Å². The normalized spacial score (nSPS) is 16.5. The first-order valence-corrected chi connectivity index (χ1v) is 9.54. The summed E-state index contributed by atoms with van der Waals surface area (Å²) in [5.74, 6) is 1.46. The molecule has 25 heavy (non-hydrogen) atoms. The van der Waals surface area contributed by atoms with Crippen molar-refractivity contribution in [3.05, 3.63) is 29.5 Å². The van der Waals surface area contributed by atoms with Crippen LogP contribution in [0.25, 0.3) is 10.8 Å². The van der Waals surface area contributed by atoms with Gasteiger partial charge in [-0.1, -0.05) is 12.5 Å². The van der Waals surface area contributed by atoms with Crippen LogP contribution in [0.15, 0.2) is 33.2 Å². The molecule has 0 bridgehead atoms. The van der Waals surface area contributed by atoms with Crippen LogP contribution < -0.4 is 10.6 Å². The van der Waals surface area contributed by atoms with Crippen molar-refractivity contribution in [2.75, 3.05) is 27.3 Å². The number of nitrogens with one attached hydrogen (secondary N) is 2. The lowest BCUT2D eigenvalue weighted by Gasteiger charge is -2.42. The van der Waals surface area contributed by atoms with Gasteiger partial charge in [0.1, 0.15) is 6.26 Å². The number of aromatic nitrogens is 1. The van der Waals surface area contributed by atoms with Gasteiger partial charge in [-0.25, -0.2) is 4.98 Å². The number of oxazole rings is 1. The Labute approximate surface area is 152 Å². The van der Waals surface area contributed by atoms with E-state index in [0.29, 0.717) is 17.9 Å². The number of hydrogen-bond acceptors (Lipinski definition) is 5. The molecule has 1 aliphatic carbocycles. The van der Waals surface area contributed by atoms with E-state index in [0.717, 1.165) is 36.1 Å². The third-order valence-electron chi connectivity index (χ3n) is 4.83. The van der Waals surface area contributed by atoms with E-state index in [1.54, 1.807) is 31.8 Å². The van der Waals surface area contributed by atoms with E-state index in [2.05, 4.69) is 20.6 Å². The lowest BCUT2D eigenvalue weighted by Crippen LogP contribution is -2.46. The van der Waals surface area contributed by atoms with Crippen LogP contribution in [-0.4, -0.2) is 38.3 Å². The fourth-order valence-electron chi connectivity index (χ4n) is 3.08. The quantitative estimate of drug-likeness (QED) is 0.557. The van der Waals surface area contributed by atoms with Gasteiger partial charge < -0.3 is 19.8 Å². The van der Waals surface area contributed by atoms with E-state index in [9.17, 15) is 0 Å². The second-order valence-electron chi connectivity index (χ2n) is 6.50. The maximum atomic E-state index is 5.55. The van der Waals surface area contributed by atoms with Crippen molar-refractivity contribution in [1.29, 1.82) is 0 Å². The molecule has 3 rings (SSSR count). The highest BCUT2D eigenvalue weighted by Crippen LogP contribution is 2.43. The van der Waals surface area contributed by atoms with Gasteiger partial charge in [-0.05, 0) is 36.1 Å². The van der Waals surface area contributed by atoms with Gasteiger partial charge in [-0.3, -0.25) is 4.99 Å². The largest absolute Gasteiger partial charge is 0.443 e. The number of nitrogens with zero attached hydrogens (tertiary/aromatic N) is 2. The van der Waals surface area contributed by atoms with Crippen LogP contribution in [0.2, 0.25) is 0 Å². The van der Waals surface area contributed by atoms with Crippen LogP contribution in [0.3, 0.4) is 0 Å². The molecular formula is C18H26N4O2S. The molecule has 136 valence electrons. The third-order valence-corrected chi connectivity index (χ3v) is 5.68. The first-order valence-electron chi connectivity index (χ1n) is 8.66. The Balaban J connectivity index is 1.48. The fourth-order valence-corrected chi connectivity index (χ4v) is 3.73. The summed E-state index contributed by atoms with van der Waals surface area (Å²) >= 11 is 1.62. The number of guanidine groups is 1. The van der Waals surface area contributed by atoms with Crippen molar-refractivity contribution < 1.29 is 9.15 Å². The van der Waals surface area contributed by atoms with Crippen LogP contribution in [-0.2, 0) is 11.3 Å². The third kappa shape index (κ3) is 4.61. The van der Waals surface area contributed by atoms with Gasteiger partial charge in [0.2, 0.25) is 5.89 Å². The van der Waals surface area contributed by atoms with Crippen LogP contribution in [0.1, 0.15) is 31.4 Å². The van der Waals surface area contributed by atoms with Crippen LogP contribution in [0.4, 0.5) is 0 Å². The number of hydrogen-bond donors (Lipinski definition) is 2. The van der Waals surface area contributed by atoms with Crippen LogP contribution in [0.5, 0.6) is 0 Å². The Bertz CT molecular complexity index is 677. The van der Waals surface area contributed by atoms with Crippen molar-refractivity contribution in [3.8, 4) is 10.8 Å². The van der Waals surface area contributed by atoms with E-state index in [-0.39, 0.29) is 0 Å². The number of ether oxygens (including phenoxy) is 1. The van der Waals surface area contributed by atoms with Crippen LogP contribution in [0, 0.1) is 5.41 Å². The Morgan fingerprint density at radius 3 is 2.96 bits per heavy atom. The molecule has 1 fully saturated rings. The molecule has 0 radical (unpaired) electrons. The second-order valence-corrected chi connectivity index (χ2v) is 7.44. The van der Waals surface area contributed by atoms with E-state index in [1.165, 1.54) is 19.3 Å². The van der Waals surface area contributed by atoms with Crippen molar-refractivity contribution in [2.24, 2.45) is 10.4 Å². The van der Waals surface area contributed by atoms with Gasteiger partial charge in [-0.2, -0.15) is 0 Å². The number of rotatable bonds is 8. The molecule has 2 heterocycles. The Morgan fingerprint density at radius 1 is 1.44 bits per heavy atom. The van der Waals surface area contributed by atoms with Gasteiger partial charge >= 0.3 is 0 Å². The average Bonchev–Trinajstić information content (AvgIpc) is 3.27. The van der Waals surface area contributed by atoms with Crippen LogP contribution >= 0.6 is 11.3 Å². The van der Waals surface area contributed by atoms with Gasteiger partial charge in [0.15, 0.2) is 5.96 Å². The number of aliphatic imine (C=N–C) groups is 1. The van der Waals surface area contributed by atoms with Gasteiger partial charge in [-0.15, -0.1) is 11.3 Å². The topological polar surface area (TPSA) is 71.7 Å². The highest BCUT2D eigenvalue weighted by Gasteiger charge is 2.36. The molecule has 6 nitrogen and oxygen atoms in total. The standard InChI is InChI=1S/C18H26N4O2S/c1-19-17(21-13-18(6-4-7-18)8-9-23-2)20-11-14-12-24-16(22-14)15-5-3-10-25-15/h3,5,10,12H,4,6-9,11,13H2,1-2H3,(H2,19,20,21). The Morgan fingerprint density at radius 2 is 2.32 bits per heavy atom. The minimum Gasteiger partial charge on any atom is -0.443 e. The molecule has 2 aromatic rings. The smallest absolute Gasteiger partial charge is 0.236 e.